The number of likely N-dealkylation sites (N-methyl/N-ethyl adjacent to an activating group) is 1. The van der Waals surface area contributed by atoms with Crippen LogP contribution in [0.15, 0.2) is 72.8 Å². The summed E-state index contributed by atoms with van der Waals surface area (Å²) in [5, 5.41) is 4.05. The first-order chi connectivity index (χ1) is 17.4. The fourth-order valence-electron chi connectivity index (χ4n) is 3.81. The first-order valence-electron chi connectivity index (χ1n) is 11.7. The fourth-order valence-corrected chi connectivity index (χ4v) is 5.45. The lowest BCUT2D eigenvalue weighted by molar-refractivity contribution is -0.139. The number of rotatable bonds is 12. The second-order valence-corrected chi connectivity index (χ2v) is 9.97. The minimum Gasteiger partial charge on any atom is -0.497 e. The Kier molecular flexibility index (Phi) is 11.0. The first kappa shape index (κ1) is 27.9. The van der Waals surface area contributed by atoms with Gasteiger partial charge in [-0.15, -0.1) is 11.8 Å². The second-order valence-electron chi connectivity index (χ2n) is 8.17. The van der Waals surface area contributed by atoms with Crippen LogP contribution in [0.3, 0.4) is 0 Å². The van der Waals surface area contributed by atoms with Crippen molar-refractivity contribution in [3.8, 4) is 5.75 Å². The molecule has 0 unspecified atom stereocenters. The summed E-state index contributed by atoms with van der Waals surface area (Å²) in [6.07, 6.45) is 0.406. The molecule has 0 saturated carbocycles. The molecule has 0 aliphatic carbocycles. The van der Waals surface area contributed by atoms with Crippen LogP contribution >= 0.6 is 35.0 Å². The van der Waals surface area contributed by atoms with Gasteiger partial charge in [-0.25, -0.2) is 0 Å². The number of carbonyl (C=O) groups excluding carboxylic acids is 2. The molecule has 8 heteroatoms. The number of hydrogen-bond donors (Lipinski definition) is 1. The van der Waals surface area contributed by atoms with E-state index in [9.17, 15) is 9.59 Å². The Labute approximate surface area is 227 Å². The first-order valence-corrected chi connectivity index (χ1v) is 13.6. The Morgan fingerprint density at radius 1 is 0.972 bits per heavy atom. The van der Waals surface area contributed by atoms with Crippen LogP contribution in [0.2, 0.25) is 10.0 Å². The van der Waals surface area contributed by atoms with Crippen molar-refractivity contribution in [3.05, 3.63) is 99.5 Å². The molecule has 0 bridgehead atoms. The maximum atomic E-state index is 13.6. The van der Waals surface area contributed by atoms with E-state index in [1.54, 1.807) is 30.2 Å². The number of nitrogens with zero attached hydrogens (tertiary/aromatic N) is 1. The normalized spacial score (nSPS) is 11.6. The van der Waals surface area contributed by atoms with E-state index in [0.29, 0.717) is 34.5 Å². The molecule has 2 amide bonds. The van der Waals surface area contributed by atoms with Crippen LogP contribution in [-0.4, -0.2) is 42.2 Å². The zero-order valence-corrected chi connectivity index (χ0v) is 22.7. The van der Waals surface area contributed by atoms with E-state index in [1.807, 2.05) is 61.5 Å². The summed E-state index contributed by atoms with van der Waals surface area (Å²) in [5.74, 6) is 1.04. The molecule has 3 aromatic carbocycles. The van der Waals surface area contributed by atoms with Crippen molar-refractivity contribution >= 4 is 46.8 Å². The fraction of sp³-hybridized carbons (Fsp3) is 0.286. The molecule has 3 aromatic rings. The summed E-state index contributed by atoms with van der Waals surface area (Å²) >= 11 is 14.0. The van der Waals surface area contributed by atoms with E-state index in [0.717, 1.165) is 16.7 Å². The standard InChI is InChI=1S/C28H30Cl2N2O3S/c1-3-31-28(34)26(16-20-9-5-4-6-10-20)32(17-21-11-7-12-22(15-21)35-2)27(33)19-36-18-23-24(29)13-8-14-25(23)30/h4-15,26H,3,16-19H2,1-2H3,(H,31,34)/t26-/m1/s1. The van der Waals surface area contributed by atoms with Crippen LogP contribution in [0.25, 0.3) is 0 Å². The van der Waals surface area contributed by atoms with Gasteiger partial charge in [0.05, 0.1) is 12.9 Å². The lowest BCUT2D eigenvalue weighted by Crippen LogP contribution is -2.51. The highest BCUT2D eigenvalue weighted by Gasteiger charge is 2.30. The van der Waals surface area contributed by atoms with Gasteiger partial charge in [-0.2, -0.15) is 0 Å². The van der Waals surface area contributed by atoms with E-state index < -0.39 is 6.04 Å². The summed E-state index contributed by atoms with van der Waals surface area (Å²) < 4.78 is 5.36. The predicted octanol–water partition coefficient (Wildman–Crippen LogP) is 6.01. The molecule has 0 fully saturated rings. The van der Waals surface area contributed by atoms with E-state index in [-0.39, 0.29) is 24.1 Å². The van der Waals surface area contributed by atoms with E-state index in [2.05, 4.69) is 5.32 Å². The average molecular weight is 546 g/mol. The minimum atomic E-state index is -0.671. The van der Waals surface area contributed by atoms with Crippen LogP contribution in [0.4, 0.5) is 0 Å². The van der Waals surface area contributed by atoms with Gasteiger partial charge >= 0.3 is 0 Å². The van der Waals surface area contributed by atoms with E-state index >= 15 is 0 Å². The molecule has 36 heavy (non-hydrogen) atoms. The number of benzene rings is 3. The number of nitrogens with one attached hydrogen (secondary N) is 1. The summed E-state index contributed by atoms with van der Waals surface area (Å²) in [6, 6.07) is 22.0. The number of carbonyl (C=O) groups is 2. The number of methoxy groups -OCH3 is 1. The van der Waals surface area contributed by atoms with Gasteiger partial charge in [0, 0.05) is 35.3 Å². The van der Waals surface area contributed by atoms with Crippen molar-refractivity contribution < 1.29 is 14.3 Å². The third-order valence-electron chi connectivity index (χ3n) is 5.64. The molecule has 0 aliphatic rings. The monoisotopic (exact) mass is 544 g/mol. The molecular weight excluding hydrogens is 515 g/mol. The lowest BCUT2D eigenvalue weighted by atomic mass is 10.0. The Morgan fingerprint density at radius 2 is 1.64 bits per heavy atom. The SMILES string of the molecule is CCNC(=O)[C@@H](Cc1ccccc1)N(Cc1cccc(OC)c1)C(=O)CSCc1c(Cl)cccc1Cl. The van der Waals surface area contributed by atoms with Crippen molar-refractivity contribution in [2.24, 2.45) is 0 Å². The quantitative estimate of drug-likeness (QED) is 0.303. The molecule has 3 rings (SSSR count). The van der Waals surface area contributed by atoms with E-state index in [4.69, 9.17) is 27.9 Å². The van der Waals surface area contributed by atoms with Crippen LogP contribution < -0.4 is 10.1 Å². The largest absolute Gasteiger partial charge is 0.497 e. The number of amides is 2. The molecule has 0 heterocycles. The van der Waals surface area contributed by atoms with Gasteiger partial charge in [0.1, 0.15) is 11.8 Å². The molecule has 0 radical (unpaired) electrons. The number of hydrogen-bond acceptors (Lipinski definition) is 4. The zero-order chi connectivity index (χ0) is 25.9. The molecule has 0 aliphatic heterocycles. The smallest absolute Gasteiger partial charge is 0.243 e. The zero-order valence-electron chi connectivity index (χ0n) is 20.4. The summed E-state index contributed by atoms with van der Waals surface area (Å²) in [5.41, 5.74) is 2.65. The van der Waals surface area contributed by atoms with Gasteiger partial charge in [-0.3, -0.25) is 9.59 Å². The highest BCUT2D eigenvalue weighted by Crippen LogP contribution is 2.28. The highest BCUT2D eigenvalue weighted by atomic mass is 35.5. The molecule has 1 N–H and O–H groups in total. The molecule has 5 nitrogen and oxygen atoms in total. The highest BCUT2D eigenvalue weighted by molar-refractivity contribution is 7.99. The maximum absolute atomic E-state index is 13.6. The van der Waals surface area contributed by atoms with Crippen molar-refractivity contribution in [1.29, 1.82) is 0 Å². The molecule has 0 spiro atoms. The Hall–Kier alpha value is -2.67. The Bertz CT molecular complexity index is 1140. The number of thioether (sulfide) groups is 1. The van der Waals surface area contributed by atoms with Gasteiger partial charge in [0.15, 0.2) is 0 Å². The van der Waals surface area contributed by atoms with Crippen molar-refractivity contribution in [3.63, 3.8) is 0 Å². The molecule has 0 saturated heterocycles. The Balaban J connectivity index is 1.86. The molecule has 0 aromatic heterocycles. The molecule has 190 valence electrons. The van der Waals surface area contributed by atoms with Gasteiger partial charge in [-0.1, -0.05) is 71.7 Å². The average Bonchev–Trinajstić information content (AvgIpc) is 2.88. The third-order valence-corrected chi connectivity index (χ3v) is 7.29. The van der Waals surface area contributed by atoms with E-state index in [1.165, 1.54) is 11.8 Å². The van der Waals surface area contributed by atoms with Crippen molar-refractivity contribution in [1.82, 2.24) is 10.2 Å². The van der Waals surface area contributed by atoms with Crippen LogP contribution in [0, 0.1) is 0 Å². The van der Waals surface area contributed by atoms with Crippen LogP contribution in [-0.2, 0) is 28.3 Å². The summed E-state index contributed by atoms with van der Waals surface area (Å²) in [4.78, 5) is 28.5. The van der Waals surface area contributed by atoms with Crippen LogP contribution in [0.1, 0.15) is 23.6 Å². The van der Waals surface area contributed by atoms with Gasteiger partial charge < -0.3 is 15.0 Å². The number of ether oxygens (including phenoxy) is 1. The Morgan fingerprint density at radius 3 is 2.31 bits per heavy atom. The third kappa shape index (κ3) is 7.92. The van der Waals surface area contributed by atoms with Crippen molar-refractivity contribution in [2.45, 2.75) is 31.7 Å². The summed E-state index contributed by atoms with van der Waals surface area (Å²) in [6.45, 7) is 2.62. The molecule has 1 atom stereocenters. The second kappa shape index (κ2) is 14.2. The molecular formula is C28H30Cl2N2O3S. The number of halogens is 2. The predicted molar refractivity (Wildman–Crippen MR) is 149 cm³/mol. The topological polar surface area (TPSA) is 58.6 Å². The van der Waals surface area contributed by atoms with Crippen molar-refractivity contribution in [2.75, 3.05) is 19.4 Å². The van der Waals surface area contributed by atoms with Gasteiger partial charge in [-0.05, 0) is 47.9 Å². The van der Waals surface area contributed by atoms with Gasteiger partial charge in [0.2, 0.25) is 11.8 Å². The van der Waals surface area contributed by atoms with Crippen LogP contribution in [0.5, 0.6) is 5.75 Å². The van der Waals surface area contributed by atoms with Gasteiger partial charge in [0.25, 0.3) is 0 Å². The minimum absolute atomic E-state index is 0.141. The summed E-state index contributed by atoms with van der Waals surface area (Å²) in [7, 11) is 1.60. The maximum Gasteiger partial charge on any atom is 0.243 e. The lowest BCUT2D eigenvalue weighted by Gasteiger charge is -2.31.